The number of carbonyl (C=O) groups excluding carboxylic acids is 1. The Morgan fingerprint density at radius 3 is 2.67 bits per heavy atom. The molecule has 0 radical (unpaired) electrons. The summed E-state index contributed by atoms with van der Waals surface area (Å²) in [6.45, 7) is 6.52. The maximum atomic E-state index is 12.1. The van der Waals surface area contributed by atoms with Gasteiger partial charge in [-0.3, -0.25) is 9.69 Å². The highest BCUT2D eigenvalue weighted by atomic mass is 16.1. The first-order valence-electron chi connectivity index (χ1n) is 8.48. The summed E-state index contributed by atoms with van der Waals surface area (Å²) in [6.07, 6.45) is 6.82. The molecule has 1 saturated heterocycles. The zero-order chi connectivity index (χ0) is 14.8. The van der Waals surface area contributed by atoms with E-state index in [4.69, 9.17) is 0 Å². The van der Waals surface area contributed by atoms with E-state index in [9.17, 15) is 4.79 Å². The zero-order valence-electron chi connectivity index (χ0n) is 13.4. The molecule has 0 N–H and O–H groups in total. The predicted molar refractivity (Wildman–Crippen MR) is 86.3 cm³/mol. The van der Waals surface area contributed by atoms with Crippen LogP contribution in [0.25, 0.3) is 0 Å². The molecule has 2 heteroatoms. The first kappa shape index (κ1) is 14.8. The molecule has 1 aromatic rings. The third-order valence-electron chi connectivity index (χ3n) is 5.44. The van der Waals surface area contributed by atoms with Crippen molar-refractivity contribution in [3.05, 3.63) is 34.9 Å². The Balaban J connectivity index is 1.74. The van der Waals surface area contributed by atoms with Gasteiger partial charge in [0.25, 0.3) is 0 Å². The predicted octanol–water partition coefficient (Wildman–Crippen LogP) is 4.03. The number of piperidine rings is 1. The van der Waals surface area contributed by atoms with Crippen LogP contribution in [-0.2, 0) is 11.3 Å². The number of aryl methyl sites for hydroxylation is 2. The summed E-state index contributed by atoms with van der Waals surface area (Å²) in [5.74, 6) is 0.837. The van der Waals surface area contributed by atoms with Crippen molar-refractivity contribution in [2.75, 3.05) is 6.54 Å². The first-order valence-corrected chi connectivity index (χ1v) is 8.48. The molecule has 0 bridgehead atoms. The number of nitrogens with zero attached hydrogens (tertiary/aromatic N) is 1. The number of carbonyl (C=O) groups is 1. The van der Waals surface area contributed by atoms with E-state index >= 15 is 0 Å². The van der Waals surface area contributed by atoms with Crippen molar-refractivity contribution in [1.82, 2.24) is 4.90 Å². The molecule has 21 heavy (non-hydrogen) atoms. The number of Topliss-reactive ketones (excluding diaryl/α,β-unsaturated/α-hetero) is 1. The molecule has 0 amide bonds. The van der Waals surface area contributed by atoms with Crippen molar-refractivity contribution in [1.29, 1.82) is 0 Å². The van der Waals surface area contributed by atoms with Gasteiger partial charge in [0.15, 0.2) is 0 Å². The molecule has 3 rings (SSSR count). The molecule has 2 fully saturated rings. The highest BCUT2D eigenvalue weighted by Gasteiger charge is 2.36. The first-order chi connectivity index (χ1) is 10.1. The molecule has 2 unspecified atom stereocenters. The molecule has 2 atom stereocenters. The molecular weight excluding hydrogens is 258 g/mol. The lowest BCUT2D eigenvalue weighted by Crippen LogP contribution is -2.44. The molecule has 114 valence electrons. The summed E-state index contributed by atoms with van der Waals surface area (Å²) >= 11 is 0. The van der Waals surface area contributed by atoms with Crippen LogP contribution in [0.15, 0.2) is 18.2 Å². The smallest absolute Gasteiger partial charge is 0.137 e. The van der Waals surface area contributed by atoms with Gasteiger partial charge in [0.05, 0.1) is 0 Å². The van der Waals surface area contributed by atoms with Crippen LogP contribution in [0.2, 0.25) is 0 Å². The van der Waals surface area contributed by atoms with Crippen LogP contribution in [0, 0.1) is 19.8 Å². The van der Waals surface area contributed by atoms with Crippen LogP contribution in [0.4, 0.5) is 0 Å². The zero-order valence-corrected chi connectivity index (χ0v) is 13.4. The summed E-state index contributed by atoms with van der Waals surface area (Å²) in [7, 11) is 0. The van der Waals surface area contributed by atoms with E-state index in [2.05, 4.69) is 36.9 Å². The Morgan fingerprint density at radius 1 is 1.10 bits per heavy atom. The quantitative estimate of drug-likeness (QED) is 0.836. The van der Waals surface area contributed by atoms with Gasteiger partial charge < -0.3 is 0 Å². The van der Waals surface area contributed by atoms with Crippen molar-refractivity contribution in [2.45, 2.75) is 65.0 Å². The van der Waals surface area contributed by atoms with Gasteiger partial charge in [0.1, 0.15) is 5.78 Å². The maximum Gasteiger partial charge on any atom is 0.137 e. The summed E-state index contributed by atoms with van der Waals surface area (Å²) < 4.78 is 0. The molecular formula is C19H27NO. The largest absolute Gasteiger partial charge is 0.299 e. The third kappa shape index (κ3) is 3.21. The second-order valence-corrected chi connectivity index (χ2v) is 6.92. The number of ketones is 1. The normalized spacial score (nSPS) is 27.2. The second-order valence-electron chi connectivity index (χ2n) is 6.92. The molecule has 1 saturated carbocycles. The van der Waals surface area contributed by atoms with Gasteiger partial charge in [-0.15, -0.1) is 0 Å². The van der Waals surface area contributed by atoms with Crippen LogP contribution >= 0.6 is 0 Å². The van der Waals surface area contributed by atoms with Crippen molar-refractivity contribution in [3.8, 4) is 0 Å². The SMILES string of the molecule is Cc1ccc(CN2CCCCC2C2CCCC2=O)cc1C. The Hall–Kier alpha value is -1.15. The highest BCUT2D eigenvalue weighted by Crippen LogP contribution is 2.33. The van der Waals surface area contributed by atoms with Crippen LogP contribution in [0.1, 0.15) is 55.2 Å². The Kier molecular flexibility index (Phi) is 4.44. The van der Waals surface area contributed by atoms with E-state index in [1.54, 1.807) is 0 Å². The van der Waals surface area contributed by atoms with Gasteiger partial charge >= 0.3 is 0 Å². The van der Waals surface area contributed by atoms with Crippen molar-refractivity contribution in [2.24, 2.45) is 5.92 Å². The van der Waals surface area contributed by atoms with Gasteiger partial charge in [-0.2, -0.15) is 0 Å². The van der Waals surface area contributed by atoms with Gasteiger partial charge in [-0.05, 0) is 62.8 Å². The Bertz CT molecular complexity index is 522. The second kappa shape index (κ2) is 6.31. The van der Waals surface area contributed by atoms with E-state index in [0.717, 1.165) is 32.4 Å². The van der Waals surface area contributed by atoms with E-state index in [1.807, 2.05) is 0 Å². The number of rotatable bonds is 3. The van der Waals surface area contributed by atoms with Gasteiger partial charge in [0, 0.05) is 24.9 Å². The van der Waals surface area contributed by atoms with Crippen molar-refractivity contribution < 1.29 is 4.79 Å². The minimum Gasteiger partial charge on any atom is -0.299 e. The van der Waals surface area contributed by atoms with Gasteiger partial charge in [-0.1, -0.05) is 24.6 Å². The molecule has 0 spiro atoms. The molecule has 1 aromatic carbocycles. The molecule has 2 nitrogen and oxygen atoms in total. The fourth-order valence-electron chi connectivity index (χ4n) is 4.05. The van der Waals surface area contributed by atoms with Crippen molar-refractivity contribution in [3.63, 3.8) is 0 Å². The summed E-state index contributed by atoms with van der Waals surface area (Å²) in [6, 6.07) is 7.29. The minimum absolute atomic E-state index is 0.317. The lowest BCUT2D eigenvalue weighted by molar-refractivity contribution is -0.123. The number of hydrogen-bond acceptors (Lipinski definition) is 2. The summed E-state index contributed by atoms with van der Waals surface area (Å²) in [5, 5.41) is 0. The summed E-state index contributed by atoms with van der Waals surface area (Å²) in [4.78, 5) is 14.7. The molecule has 2 aliphatic rings. The van der Waals surface area contributed by atoms with E-state index in [0.29, 0.717) is 17.7 Å². The van der Waals surface area contributed by atoms with Crippen LogP contribution < -0.4 is 0 Å². The van der Waals surface area contributed by atoms with E-state index in [-0.39, 0.29) is 0 Å². The maximum absolute atomic E-state index is 12.1. The lowest BCUT2D eigenvalue weighted by atomic mass is 9.88. The van der Waals surface area contributed by atoms with Gasteiger partial charge in [-0.25, -0.2) is 0 Å². The monoisotopic (exact) mass is 285 g/mol. The summed E-state index contributed by atoms with van der Waals surface area (Å²) in [5.41, 5.74) is 4.13. The lowest BCUT2D eigenvalue weighted by Gasteiger charge is -2.38. The third-order valence-corrected chi connectivity index (χ3v) is 5.44. The number of hydrogen-bond donors (Lipinski definition) is 0. The molecule has 0 aromatic heterocycles. The Labute approximate surface area is 128 Å². The Morgan fingerprint density at radius 2 is 1.95 bits per heavy atom. The van der Waals surface area contributed by atoms with Crippen molar-refractivity contribution >= 4 is 5.78 Å². The van der Waals surface area contributed by atoms with Crippen LogP contribution in [0.3, 0.4) is 0 Å². The average molecular weight is 285 g/mol. The average Bonchev–Trinajstić information content (AvgIpc) is 2.90. The van der Waals surface area contributed by atoms with Crippen LogP contribution in [0.5, 0.6) is 0 Å². The standard InChI is InChI=1S/C19H27NO/c1-14-9-10-16(12-15(14)2)13-20-11-4-3-7-18(20)17-6-5-8-19(17)21/h9-10,12,17-18H,3-8,11,13H2,1-2H3. The molecule has 1 aliphatic carbocycles. The molecule has 1 aliphatic heterocycles. The number of benzene rings is 1. The topological polar surface area (TPSA) is 20.3 Å². The molecule has 1 heterocycles. The van der Waals surface area contributed by atoms with Gasteiger partial charge in [0.2, 0.25) is 0 Å². The van der Waals surface area contributed by atoms with Crippen LogP contribution in [-0.4, -0.2) is 23.3 Å². The minimum atomic E-state index is 0.317. The van der Waals surface area contributed by atoms with E-state index < -0.39 is 0 Å². The highest BCUT2D eigenvalue weighted by molar-refractivity contribution is 5.83. The number of likely N-dealkylation sites (tertiary alicyclic amines) is 1. The fraction of sp³-hybridized carbons (Fsp3) is 0.632. The van der Waals surface area contributed by atoms with E-state index in [1.165, 1.54) is 36.0 Å². The fourth-order valence-corrected chi connectivity index (χ4v) is 4.05.